The second-order valence-corrected chi connectivity index (χ2v) is 5.95. The van der Waals surface area contributed by atoms with Crippen molar-refractivity contribution in [2.24, 2.45) is 0 Å². The first-order valence-corrected chi connectivity index (χ1v) is 8.48. The van der Waals surface area contributed by atoms with Crippen LogP contribution in [0.2, 0.25) is 0 Å². The molecule has 1 unspecified atom stereocenters. The molecule has 0 saturated heterocycles. The summed E-state index contributed by atoms with van der Waals surface area (Å²) in [5.74, 6) is -0.0326. The van der Waals surface area contributed by atoms with Gasteiger partial charge in [-0.3, -0.25) is 4.79 Å². The quantitative estimate of drug-likeness (QED) is 0.784. The van der Waals surface area contributed by atoms with Crippen LogP contribution in [-0.4, -0.2) is 32.1 Å². The summed E-state index contributed by atoms with van der Waals surface area (Å²) in [7, 11) is 1.89. The molecule has 0 heterocycles. The highest BCUT2D eigenvalue weighted by molar-refractivity contribution is 5.94. The van der Waals surface area contributed by atoms with E-state index in [1.165, 1.54) is 5.56 Å². The Bertz CT molecular complexity index is 625. The van der Waals surface area contributed by atoms with E-state index in [9.17, 15) is 4.79 Å². The summed E-state index contributed by atoms with van der Waals surface area (Å²) in [5.41, 5.74) is 3.10. The minimum atomic E-state index is -0.0326. The molecular weight excluding hydrogens is 298 g/mol. The van der Waals surface area contributed by atoms with Gasteiger partial charge >= 0.3 is 0 Å². The van der Waals surface area contributed by atoms with Crippen molar-refractivity contribution in [3.63, 3.8) is 0 Å². The Balaban J connectivity index is 2.00. The number of benzene rings is 2. The fourth-order valence-corrected chi connectivity index (χ4v) is 2.46. The van der Waals surface area contributed by atoms with Gasteiger partial charge in [0.25, 0.3) is 5.91 Å². The Morgan fingerprint density at radius 1 is 1.08 bits per heavy atom. The molecule has 0 fully saturated rings. The van der Waals surface area contributed by atoms with Crippen LogP contribution in [0.5, 0.6) is 0 Å². The molecule has 2 rings (SSSR count). The van der Waals surface area contributed by atoms with Gasteiger partial charge in [0.05, 0.1) is 0 Å². The highest BCUT2D eigenvalue weighted by Crippen LogP contribution is 2.18. The lowest BCUT2D eigenvalue weighted by Gasteiger charge is -2.23. The number of carbonyl (C=O) groups is 1. The summed E-state index contributed by atoms with van der Waals surface area (Å²) in [6.07, 6.45) is 0. The van der Waals surface area contributed by atoms with E-state index in [2.05, 4.69) is 46.7 Å². The zero-order valence-electron chi connectivity index (χ0n) is 14.8. The van der Waals surface area contributed by atoms with Crippen molar-refractivity contribution in [1.82, 2.24) is 10.6 Å². The van der Waals surface area contributed by atoms with E-state index in [1.54, 1.807) is 0 Å². The van der Waals surface area contributed by atoms with Gasteiger partial charge in [-0.2, -0.15) is 0 Å². The molecule has 1 atom stereocenters. The Morgan fingerprint density at radius 3 is 2.33 bits per heavy atom. The molecule has 2 aromatic carbocycles. The topological polar surface area (TPSA) is 44.4 Å². The van der Waals surface area contributed by atoms with Gasteiger partial charge in [-0.15, -0.1) is 0 Å². The fourth-order valence-electron chi connectivity index (χ4n) is 2.46. The third-order valence-corrected chi connectivity index (χ3v) is 4.15. The molecule has 0 aromatic heterocycles. The Labute approximate surface area is 144 Å². The van der Waals surface area contributed by atoms with Gasteiger partial charge in [0.2, 0.25) is 0 Å². The van der Waals surface area contributed by atoms with E-state index in [4.69, 9.17) is 0 Å². The predicted octanol–water partition coefficient (Wildman–Crippen LogP) is 3.05. The Hall–Kier alpha value is -2.33. The van der Waals surface area contributed by atoms with Crippen molar-refractivity contribution in [3.8, 4) is 0 Å². The van der Waals surface area contributed by atoms with Crippen LogP contribution < -0.4 is 15.5 Å². The highest BCUT2D eigenvalue weighted by Gasteiger charge is 2.09. The minimum Gasteiger partial charge on any atom is -0.367 e. The van der Waals surface area contributed by atoms with E-state index in [-0.39, 0.29) is 11.9 Å². The lowest BCUT2D eigenvalue weighted by molar-refractivity contribution is 0.0950. The van der Waals surface area contributed by atoms with Gasteiger partial charge in [-0.1, -0.05) is 30.3 Å². The molecule has 128 valence electrons. The van der Waals surface area contributed by atoms with E-state index < -0.39 is 0 Å². The number of hydrogen-bond donors (Lipinski definition) is 2. The molecule has 0 aliphatic heterocycles. The second-order valence-electron chi connectivity index (χ2n) is 5.95. The zero-order chi connectivity index (χ0) is 17.4. The van der Waals surface area contributed by atoms with Crippen molar-refractivity contribution in [3.05, 3.63) is 65.7 Å². The Kier molecular flexibility index (Phi) is 6.82. The third-order valence-electron chi connectivity index (χ3n) is 4.15. The van der Waals surface area contributed by atoms with E-state index in [1.807, 2.05) is 44.3 Å². The minimum absolute atomic E-state index is 0.0326. The van der Waals surface area contributed by atoms with Gasteiger partial charge in [-0.25, -0.2) is 0 Å². The van der Waals surface area contributed by atoms with Gasteiger partial charge < -0.3 is 15.5 Å². The largest absolute Gasteiger partial charge is 0.367 e. The summed E-state index contributed by atoms with van der Waals surface area (Å²) in [5, 5.41) is 6.04. The van der Waals surface area contributed by atoms with Gasteiger partial charge in [-0.05, 0) is 50.7 Å². The van der Waals surface area contributed by atoms with Crippen LogP contribution in [0.25, 0.3) is 0 Å². The molecule has 1 amide bonds. The average molecular weight is 325 g/mol. The smallest absolute Gasteiger partial charge is 0.251 e. The second kappa shape index (κ2) is 9.08. The molecule has 4 nitrogen and oxygen atoms in total. The van der Waals surface area contributed by atoms with Crippen molar-refractivity contribution in [2.45, 2.75) is 26.4 Å². The summed E-state index contributed by atoms with van der Waals surface area (Å²) in [4.78, 5) is 14.4. The van der Waals surface area contributed by atoms with Gasteiger partial charge in [0.1, 0.15) is 0 Å². The molecule has 0 spiro atoms. The van der Waals surface area contributed by atoms with Crippen LogP contribution in [-0.2, 0) is 6.54 Å². The van der Waals surface area contributed by atoms with Gasteiger partial charge in [0.15, 0.2) is 0 Å². The van der Waals surface area contributed by atoms with Crippen molar-refractivity contribution < 1.29 is 4.79 Å². The van der Waals surface area contributed by atoms with Crippen molar-refractivity contribution >= 4 is 11.6 Å². The molecular formula is C20H27N3O. The molecule has 24 heavy (non-hydrogen) atoms. The molecule has 0 aliphatic rings. The number of likely N-dealkylation sites (N-methyl/N-ethyl adjacent to an activating group) is 1. The number of carbonyl (C=O) groups excluding carboxylic acids is 1. The first-order valence-electron chi connectivity index (χ1n) is 8.48. The van der Waals surface area contributed by atoms with E-state index >= 15 is 0 Å². The predicted molar refractivity (Wildman–Crippen MR) is 100 cm³/mol. The van der Waals surface area contributed by atoms with E-state index in [0.29, 0.717) is 12.1 Å². The first-order chi connectivity index (χ1) is 11.6. The normalized spacial score (nSPS) is 11.8. The zero-order valence-corrected chi connectivity index (χ0v) is 14.8. The molecule has 0 aliphatic carbocycles. The molecule has 2 aromatic rings. The third kappa shape index (κ3) is 5.10. The van der Waals surface area contributed by atoms with Crippen LogP contribution in [0.1, 0.15) is 29.8 Å². The molecule has 4 heteroatoms. The fraction of sp³-hybridized carbons (Fsp3) is 0.350. The van der Waals surface area contributed by atoms with Crippen LogP contribution in [0.15, 0.2) is 54.6 Å². The maximum atomic E-state index is 12.2. The number of anilines is 1. The number of hydrogen-bond acceptors (Lipinski definition) is 3. The Morgan fingerprint density at radius 2 is 1.75 bits per heavy atom. The van der Waals surface area contributed by atoms with Gasteiger partial charge in [0, 0.05) is 36.9 Å². The molecule has 0 radical (unpaired) electrons. The number of amides is 1. The number of nitrogens with one attached hydrogen (secondary N) is 2. The van der Waals surface area contributed by atoms with Crippen molar-refractivity contribution in [1.29, 1.82) is 0 Å². The maximum absolute atomic E-state index is 12.2. The standard InChI is InChI=1S/C20H27N3O/c1-4-23(15-17-8-6-5-7-9-17)19-12-10-18(11-13-19)20(24)22-14-16(2)21-3/h5-13,16,21H,4,14-15H2,1-3H3,(H,22,24). The van der Waals surface area contributed by atoms with Crippen LogP contribution in [0.4, 0.5) is 5.69 Å². The van der Waals surface area contributed by atoms with Crippen molar-refractivity contribution in [2.75, 3.05) is 25.0 Å². The average Bonchev–Trinajstić information content (AvgIpc) is 2.64. The first kappa shape index (κ1) is 18.0. The summed E-state index contributed by atoms with van der Waals surface area (Å²) >= 11 is 0. The lowest BCUT2D eigenvalue weighted by Crippen LogP contribution is -2.37. The number of nitrogens with zero attached hydrogens (tertiary/aromatic N) is 1. The summed E-state index contributed by atoms with van der Waals surface area (Å²) in [6, 6.07) is 18.5. The summed E-state index contributed by atoms with van der Waals surface area (Å²) in [6.45, 7) is 6.57. The monoisotopic (exact) mass is 325 g/mol. The summed E-state index contributed by atoms with van der Waals surface area (Å²) < 4.78 is 0. The van der Waals surface area contributed by atoms with Crippen LogP contribution in [0.3, 0.4) is 0 Å². The van der Waals surface area contributed by atoms with Crippen LogP contribution in [0, 0.1) is 0 Å². The molecule has 0 bridgehead atoms. The number of rotatable bonds is 8. The maximum Gasteiger partial charge on any atom is 0.251 e. The molecule has 0 saturated carbocycles. The van der Waals surface area contributed by atoms with Crippen LogP contribution >= 0.6 is 0 Å². The highest BCUT2D eigenvalue weighted by atomic mass is 16.1. The molecule has 2 N–H and O–H groups in total. The lowest BCUT2D eigenvalue weighted by atomic mass is 10.1. The van der Waals surface area contributed by atoms with E-state index in [0.717, 1.165) is 18.8 Å². The SMILES string of the molecule is CCN(Cc1ccccc1)c1ccc(C(=O)NCC(C)NC)cc1.